The van der Waals surface area contributed by atoms with Gasteiger partial charge in [-0.05, 0) is 48.9 Å². The standard InChI is InChI=1S/C17H14F4O/c1-22-14-7-10-5-3-2-4-9(10)6-11(14)15-16(20)12(18)8-13(19)17(15)21/h6-8H,2-5H2,1H3. The maximum Gasteiger partial charge on any atom is 0.169 e. The zero-order valence-electron chi connectivity index (χ0n) is 12.0. The van der Waals surface area contributed by atoms with Gasteiger partial charge in [0, 0.05) is 11.6 Å². The van der Waals surface area contributed by atoms with Crippen molar-refractivity contribution >= 4 is 0 Å². The third-order valence-corrected chi connectivity index (χ3v) is 4.05. The van der Waals surface area contributed by atoms with Crippen LogP contribution < -0.4 is 4.74 Å². The fourth-order valence-corrected chi connectivity index (χ4v) is 2.94. The van der Waals surface area contributed by atoms with Gasteiger partial charge < -0.3 is 4.74 Å². The summed E-state index contributed by atoms with van der Waals surface area (Å²) in [5.41, 5.74) is 1.30. The minimum atomic E-state index is -1.42. The lowest BCUT2D eigenvalue weighted by Crippen LogP contribution is -2.06. The molecule has 0 aromatic heterocycles. The highest BCUT2D eigenvalue weighted by Crippen LogP contribution is 2.39. The summed E-state index contributed by atoms with van der Waals surface area (Å²) in [6.07, 6.45) is 3.63. The molecule has 3 rings (SSSR count). The second kappa shape index (κ2) is 5.63. The van der Waals surface area contributed by atoms with Gasteiger partial charge in [-0.15, -0.1) is 0 Å². The lowest BCUT2D eigenvalue weighted by molar-refractivity contribution is 0.413. The van der Waals surface area contributed by atoms with E-state index in [0.29, 0.717) is 0 Å². The van der Waals surface area contributed by atoms with Gasteiger partial charge in [0.15, 0.2) is 23.3 Å². The fraction of sp³-hybridized carbons (Fsp3) is 0.294. The summed E-state index contributed by atoms with van der Waals surface area (Å²) < 4.78 is 60.2. The van der Waals surface area contributed by atoms with Gasteiger partial charge in [0.1, 0.15) is 5.75 Å². The number of ether oxygens (including phenoxy) is 1. The molecule has 22 heavy (non-hydrogen) atoms. The molecule has 1 aliphatic carbocycles. The highest BCUT2D eigenvalue weighted by molar-refractivity contribution is 5.73. The van der Waals surface area contributed by atoms with Crippen LogP contribution in [0, 0.1) is 23.3 Å². The minimum Gasteiger partial charge on any atom is -0.496 e. The van der Waals surface area contributed by atoms with E-state index < -0.39 is 28.8 Å². The molecular formula is C17H14F4O. The van der Waals surface area contributed by atoms with Crippen molar-refractivity contribution < 1.29 is 22.3 Å². The van der Waals surface area contributed by atoms with E-state index in [-0.39, 0.29) is 17.4 Å². The van der Waals surface area contributed by atoms with E-state index in [2.05, 4.69) is 0 Å². The molecule has 0 unspecified atom stereocenters. The number of methoxy groups -OCH3 is 1. The summed E-state index contributed by atoms with van der Waals surface area (Å²) >= 11 is 0. The van der Waals surface area contributed by atoms with Gasteiger partial charge in [0.05, 0.1) is 12.7 Å². The SMILES string of the molecule is COc1cc2c(cc1-c1c(F)c(F)cc(F)c1F)CCCC2. The van der Waals surface area contributed by atoms with Crippen molar-refractivity contribution in [2.75, 3.05) is 7.11 Å². The number of rotatable bonds is 2. The molecule has 0 saturated heterocycles. The summed E-state index contributed by atoms with van der Waals surface area (Å²) in [4.78, 5) is 0. The van der Waals surface area contributed by atoms with E-state index in [1.165, 1.54) is 7.11 Å². The van der Waals surface area contributed by atoms with Crippen LogP contribution in [0.2, 0.25) is 0 Å². The smallest absolute Gasteiger partial charge is 0.169 e. The number of halogens is 4. The van der Waals surface area contributed by atoms with Crippen molar-refractivity contribution in [3.63, 3.8) is 0 Å². The van der Waals surface area contributed by atoms with Crippen LogP contribution in [0.15, 0.2) is 18.2 Å². The molecule has 2 aromatic rings. The Labute approximate surface area is 125 Å². The van der Waals surface area contributed by atoms with Crippen LogP contribution in [0.5, 0.6) is 5.75 Å². The number of hydrogen-bond acceptors (Lipinski definition) is 1. The average molecular weight is 310 g/mol. The molecule has 0 N–H and O–H groups in total. The molecule has 0 spiro atoms. The molecule has 0 fully saturated rings. The summed E-state index contributed by atoms with van der Waals surface area (Å²) in [5.74, 6) is -5.45. The molecule has 0 heterocycles. The molecule has 1 nitrogen and oxygen atoms in total. The summed E-state index contributed by atoms with van der Waals surface area (Å²) in [5, 5.41) is 0. The third kappa shape index (κ3) is 2.34. The van der Waals surface area contributed by atoms with Crippen molar-refractivity contribution in [2.45, 2.75) is 25.7 Å². The van der Waals surface area contributed by atoms with Gasteiger partial charge in [-0.3, -0.25) is 0 Å². The number of benzene rings is 2. The van der Waals surface area contributed by atoms with Gasteiger partial charge in [-0.25, -0.2) is 17.6 Å². The molecule has 0 saturated carbocycles. The van der Waals surface area contributed by atoms with Crippen LogP contribution in [0.25, 0.3) is 11.1 Å². The van der Waals surface area contributed by atoms with Gasteiger partial charge in [-0.1, -0.05) is 0 Å². The first-order valence-electron chi connectivity index (χ1n) is 7.06. The van der Waals surface area contributed by atoms with E-state index in [0.717, 1.165) is 36.8 Å². The Kier molecular flexibility index (Phi) is 3.81. The maximum absolute atomic E-state index is 14.0. The highest BCUT2D eigenvalue weighted by Gasteiger charge is 2.24. The van der Waals surface area contributed by atoms with Crippen molar-refractivity contribution in [1.82, 2.24) is 0 Å². The van der Waals surface area contributed by atoms with Gasteiger partial charge in [0.2, 0.25) is 0 Å². The topological polar surface area (TPSA) is 9.23 Å². The van der Waals surface area contributed by atoms with Crippen molar-refractivity contribution in [1.29, 1.82) is 0 Å². The number of hydrogen-bond donors (Lipinski definition) is 0. The molecule has 0 aliphatic heterocycles. The Morgan fingerprint density at radius 3 is 1.91 bits per heavy atom. The monoisotopic (exact) mass is 310 g/mol. The van der Waals surface area contributed by atoms with Crippen molar-refractivity contribution in [2.24, 2.45) is 0 Å². The Morgan fingerprint density at radius 2 is 1.36 bits per heavy atom. The molecule has 0 radical (unpaired) electrons. The molecule has 116 valence electrons. The molecular weight excluding hydrogens is 296 g/mol. The second-order valence-electron chi connectivity index (χ2n) is 5.37. The summed E-state index contributed by atoms with van der Waals surface area (Å²) in [7, 11) is 1.36. The zero-order chi connectivity index (χ0) is 15.9. The van der Waals surface area contributed by atoms with Crippen LogP contribution >= 0.6 is 0 Å². The van der Waals surface area contributed by atoms with Crippen LogP contribution in [0.3, 0.4) is 0 Å². The molecule has 1 aliphatic rings. The zero-order valence-corrected chi connectivity index (χ0v) is 12.0. The van der Waals surface area contributed by atoms with Gasteiger partial charge >= 0.3 is 0 Å². The van der Waals surface area contributed by atoms with Crippen LogP contribution in [-0.2, 0) is 12.8 Å². The Morgan fingerprint density at radius 1 is 0.818 bits per heavy atom. The lowest BCUT2D eigenvalue weighted by atomic mass is 9.88. The second-order valence-corrected chi connectivity index (χ2v) is 5.37. The number of fused-ring (bicyclic) bond motifs is 1. The quantitative estimate of drug-likeness (QED) is 0.572. The molecule has 2 aromatic carbocycles. The van der Waals surface area contributed by atoms with Gasteiger partial charge in [0.25, 0.3) is 0 Å². The van der Waals surface area contributed by atoms with E-state index >= 15 is 0 Å². The molecule has 0 bridgehead atoms. The number of aryl methyl sites for hydroxylation is 2. The van der Waals surface area contributed by atoms with E-state index in [1.807, 2.05) is 0 Å². The van der Waals surface area contributed by atoms with Gasteiger partial charge in [-0.2, -0.15) is 0 Å². The predicted octanol–water partition coefficient (Wildman–Crippen LogP) is 4.80. The normalized spacial score (nSPS) is 13.9. The Hall–Kier alpha value is -2.04. The molecule has 0 amide bonds. The predicted molar refractivity (Wildman–Crippen MR) is 74.9 cm³/mol. The third-order valence-electron chi connectivity index (χ3n) is 4.05. The largest absolute Gasteiger partial charge is 0.496 e. The first-order chi connectivity index (χ1) is 10.5. The fourth-order valence-electron chi connectivity index (χ4n) is 2.94. The summed E-state index contributed by atoms with van der Waals surface area (Å²) in [6, 6.07) is 3.48. The van der Waals surface area contributed by atoms with Crippen molar-refractivity contribution in [3.8, 4) is 16.9 Å². The van der Waals surface area contributed by atoms with E-state index in [1.54, 1.807) is 12.1 Å². The Balaban J connectivity index is 2.28. The van der Waals surface area contributed by atoms with E-state index in [4.69, 9.17) is 4.74 Å². The average Bonchev–Trinajstić information content (AvgIpc) is 2.52. The van der Waals surface area contributed by atoms with Crippen LogP contribution in [0.1, 0.15) is 24.0 Å². The summed E-state index contributed by atoms with van der Waals surface area (Å²) in [6.45, 7) is 0. The lowest BCUT2D eigenvalue weighted by Gasteiger charge is -2.20. The minimum absolute atomic E-state index is 0.0385. The van der Waals surface area contributed by atoms with Crippen molar-refractivity contribution in [3.05, 3.63) is 52.6 Å². The van der Waals surface area contributed by atoms with Crippen LogP contribution in [-0.4, -0.2) is 7.11 Å². The Bertz CT molecular complexity index is 714. The van der Waals surface area contributed by atoms with Crippen LogP contribution in [0.4, 0.5) is 17.6 Å². The molecule has 0 atom stereocenters. The first kappa shape index (κ1) is 14.9. The van der Waals surface area contributed by atoms with E-state index in [9.17, 15) is 17.6 Å². The highest BCUT2D eigenvalue weighted by atomic mass is 19.2. The first-order valence-corrected chi connectivity index (χ1v) is 7.06. The maximum atomic E-state index is 14.0. The molecule has 5 heteroatoms.